The van der Waals surface area contributed by atoms with Crippen LogP contribution >= 0.6 is 11.6 Å². The van der Waals surface area contributed by atoms with Crippen molar-refractivity contribution in [1.82, 2.24) is 4.98 Å². The normalized spacial score (nSPS) is 11.4. The average Bonchev–Trinajstić information content (AvgIpc) is 2.28. The van der Waals surface area contributed by atoms with Gasteiger partial charge < -0.3 is 4.74 Å². The van der Waals surface area contributed by atoms with Crippen LogP contribution < -0.4 is 4.74 Å². The van der Waals surface area contributed by atoms with E-state index in [1.54, 1.807) is 0 Å². The predicted octanol–water partition coefficient (Wildman–Crippen LogP) is 4.44. The minimum atomic E-state index is -4.85. The molecule has 0 saturated heterocycles. The highest BCUT2D eigenvalue weighted by atomic mass is 35.5. The molecule has 2 rings (SSSR count). The van der Waals surface area contributed by atoms with Crippen molar-refractivity contribution in [3.8, 4) is 16.9 Å². The van der Waals surface area contributed by atoms with Crippen LogP contribution in [0.4, 0.5) is 17.6 Å². The summed E-state index contributed by atoms with van der Waals surface area (Å²) in [6.45, 7) is 0. The minimum absolute atomic E-state index is 0.0542. The van der Waals surface area contributed by atoms with Crippen LogP contribution in [0, 0.1) is 5.95 Å². The summed E-state index contributed by atoms with van der Waals surface area (Å²) in [7, 11) is 0. The van der Waals surface area contributed by atoms with Crippen LogP contribution in [0.5, 0.6) is 5.75 Å². The molecule has 0 saturated carbocycles. The molecule has 1 aromatic heterocycles. The van der Waals surface area contributed by atoms with Gasteiger partial charge in [0.15, 0.2) is 0 Å². The van der Waals surface area contributed by atoms with E-state index >= 15 is 0 Å². The fourth-order valence-corrected chi connectivity index (χ4v) is 1.65. The van der Waals surface area contributed by atoms with Crippen LogP contribution in [-0.4, -0.2) is 11.3 Å². The van der Waals surface area contributed by atoms with E-state index in [9.17, 15) is 17.6 Å². The highest BCUT2D eigenvalue weighted by Crippen LogP contribution is 2.34. The number of rotatable bonds is 2. The molecule has 0 N–H and O–H groups in total. The third-order valence-corrected chi connectivity index (χ3v) is 2.43. The lowest BCUT2D eigenvalue weighted by Crippen LogP contribution is -2.17. The number of nitrogens with zero attached hydrogens (tertiary/aromatic N) is 1. The minimum Gasteiger partial charge on any atom is -0.405 e. The first-order valence-corrected chi connectivity index (χ1v) is 5.42. The third-order valence-electron chi connectivity index (χ3n) is 2.22. The Hall–Kier alpha value is -1.82. The van der Waals surface area contributed by atoms with Gasteiger partial charge in [0, 0.05) is 11.1 Å². The van der Waals surface area contributed by atoms with E-state index in [-0.39, 0.29) is 16.3 Å². The van der Waals surface area contributed by atoms with Gasteiger partial charge in [-0.1, -0.05) is 29.8 Å². The fourth-order valence-electron chi connectivity index (χ4n) is 1.52. The standard InChI is InChI=1S/C12H6ClF4NO/c13-10-6-5-8(11(14)18-10)7-3-1-2-4-9(7)19-12(15,16)17/h1-6H. The van der Waals surface area contributed by atoms with E-state index in [4.69, 9.17) is 11.6 Å². The molecule has 1 aromatic carbocycles. The maximum atomic E-state index is 13.6. The van der Waals surface area contributed by atoms with Crippen LogP contribution in [0.3, 0.4) is 0 Å². The van der Waals surface area contributed by atoms with Crippen molar-refractivity contribution in [2.75, 3.05) is 0 Å². The van der Waals surface area contributed by atoms with Gasteiger partial charge in [-0.05, 0) is 18.2 Å². The number of aromatic nitrogens is 1. The van der Waals surface area contributed by atoms with E-state index in [1.165, 1.54) is 30.3 Å². The van der Waals surface area contributed by atoms with Gasteiger partial charge in [-0.15, -0.1) is 13.2 Å². The molecule has 2 aromatic rings. The van der Waals surface area contributed by atoms with Gasteiger partial charge in [-0.2, -0.15) is 4.39 Å². The molecule has 7 heteroatoms. The number of hydrogen-bond acceptors (Lipinski definition) is 2. The van der Waals surface area contributed by atoms with E-state index in [1.807, 2.05) is 0 Å². The number of benzene rings is 1. The second-order valence-electron chi connectivity index (χ2n) is 3.52. The molecule has 0 spiro atoms. The van der Waals surface area contributed by atoms with E-state index in [0.717, 1.165) is 6.07 Å². The molecule has 0 bridgehead atoms. The van der Waals surface area contributed by atoms with Gasteiger partial charge in [0.1, 0.15) is 10.9 Å². The van der Waals surface area contributed by atoms with Gasteiger partial charge in [0.05, 0.1) is 0 Å². The first kappa shape index (κ1) is 13.6. The summed E-state index contributed by atoms with van der Waals surface area (Å²) < 4.78 is 54.2. The highest BCUT2D eigenvalue weighted by Gasteiger charge is 2.32. The maximum Gasteiger partial charge on any atom is 0.573 e. The Bertz CT molecular complexity index is 601. The van der Waals surface area contributed by atoms with Crippen molar-refractivity contribution >= 4 is 11.6 Å². The lowest BCUT2D eigenvalue weighted by atomic mass is 10.1. The summed E-state index contributed by atoms with van der Waals surface area (Å²) >= 11 is 5.49. The molecule has 19 heavy (non-hydrogen) atoms. The smallest absolute Gasteiger partial charge is 0.405 e. The Morgan fingerprint density at radius 2 is 1.68 bits per heavy atom. The molecule has 0 radical (unpaired) electrons. The lowest BCUT2D eigenvalue weighted by molar-refractivity contribution is -0.274. The molecule has 0 fully saturated rings. The number of para-hydroxylation sites is 1. The highest BCUT2D eigenvalue weighted by molar-refractivity contribution is 6.29. The molecule has 100 valence electrons. The molecule has 2 nitrogen and oxygen atoms in total. The summed E-state index contributed by atoms with van der Waals surface area (Å²) in [5.41, 5.74) is -0.175. The molecule has 1 heterocycles. The van der Waals surface area contributed by atoms with Gasteiger partial charge in [-0.3, -0.25) is 0 Å². The van der Waals surface area contributed by atoms with Crippen LogP contribution in [0.1, 0.15) is 0 Å². The molecule has 0 unspecified atom stereocenters. The van der Waals surface area contributed by atoms with Crippen molar-refractivity contribution in [1.29, 1.82) is 0 Å². The number of ether oxygens (including phenoxy) is 1. The van der Waals surface area contributed by atoms with E-state index in [2.05, 4.69) is 9.72 Å². The van der Waals surface area contributed by atoms with Gasteiger partial charge >= 0.3 is 6.36 Å². The van der Waals surface area contributed by atoms with E-state index < -0.39 is 18.1 Å². The zero-order chi connectivity index (χ0) is 14.0. The topological polar surface area (TPSA) is 22.1 Å². The number of hydrogen-bond donors (Lipinski definition) is 0. The van der Waals surface area contributed by atoms with Gasteiger partial charge in [-0.25, -0.2) is 4.98 Å². The Morgan fingerprint density at radius 3 is 2.32 bits per heavy atom. The maximum absolute atomic E-state index is 13.6. The van der Waals surface area contributed by atoms with Gasteiger partial charge in [0.25, 0.3) is 0 Å². The third kappa shape index (κ3) is 3.35. The fraction of sp³-hybridized carbons (Fsp3) is 0.0833. The first-order valence-electron chi connectivity index (χ1n) is 5.04. The van der Waals surface area contributed by atoms with E-state index in [0.29, 0.717) is 0 Å². The number of halogens is 5. The summed E-state index contributed by atoms with van der Waals surface area (Å²) in [6.07, 6.45) is -4.85. The zero-order valence-corrected chi connectivity index (χ0v) is 9.97. The molecule has 0 amide bonds. The average molecular weight is 292 g/mol. The Morgan fingerprint density at radius 1 is 1.00 bits per heavy atom. The van der Waals surface area contributed by atoms with Gasteiger partial charge in [0.2, 0.25) is 5.95 Å². The number of alkyl halides is 3. The van der Waals surface area contributed by atoms with Crippen LogP contribution in [0.2, 0.25) is 5.15 Å². The van der Waals surface area contributed by atoms with Crippen LogP contribution in [-0.2, 0) is 0 Å². The van der Waals surface area contributed by atoms with Crippen molar-refractivity contribution in [3.63, 3.8) is 0 Å². The monoisotopic (exact) mass is 291 g/mol. The summed E-state index contributed by atoms with van der Waals surface area (Å²) in [6, 6.07) is 7.73. The zero-order valence-electron chi connectivity index (χ0n) is 9.21. The second-order valence-corrected chi connectivity index (χ2v) is 3.90. The van der Waals surface area contributed by atoms with Crippen molar-refractivity contribution < 1.29 is 22.3 Å². The molecule has 0 aliphatic heterocycles. The lowest BCUT2D eigenvalue weighted by Gasteiger charge is -2.13. The predicted molar refractivity (Wildman–Crippen MR) is 61.3 cm³/mol. The second kappa shape index (κ2) is 5.05. The van der Waals surface area contributed by atoms with Crippen LogP contribution in [0.15, 0.2) is 36.4 Å². The molecule has 0 aliphatic rings. The Kier molecular flexibility index (Phi) is 3.61. The molecular formula is C12H6ClF4NO. The first-order chi connectivity index (χ1) is 8.87. The SMILES string of the molecule is Fc1nc(Cl)ccc1-c1ccccc1OC(F)(F)F. The largest absolute Gasteiger partial charge is 0.573 e. The summed E-state index contributed by atoms with van der Waals surface area (Å²) in [4.78, 5) is 3.35. The number of pyridine rings is 1. The summed E-state index contributed by atoms with van der Waals surface area (Å²) in [5.74, 6) is -1.47. The Labute approximate surface area is 110 Å². The van der Waals surface area contributed by atoms with Crippen LogP contribution in [0.25, 0.3) is 11.1 Å². The molecule has 0 aliphatic carbocycles. The van der Waals surface area contributed by atoms with Crippen molar-refractivity contribution in [2.45, 2.75) is 6.36 Å². The van der Waals surface area contributed by atoms with Crippen molar-refractivity contribution in [3.05, 3.63) is 47.5 Å². The quantitative estimate of drug-likeness (QED) is 0.603. The van der Waals surface area contributed by atoms with Crippen molar-refractivity contribution in [2.24, 2.45) is 0 Å². The molecular weight excluding hydrogens is 286 g/mol. The summed E-state index contributed by atoms with van der Waals surface area (Å²) in [5, 5.41) is -0.0875. The molecule has 0 atom stereocenters. The Balaban J connectivity index is 2.50.